The average molecular weight is 231 g/mol. The topological polar surface area (TPSA) is 29.1 Å². The lowest BCUT2D eigenvalue weighted by atomic mass is 10.1. The van der Waals surface area contributed by atoms with Crippen LogP contribution >= 0.6 is 0 Å². The molecular weight excluding hydrogens is 206 g/mol. The van der Waals surface area contributed by atoms with Gasteiger partial charge in [0.1, 0.15) is 0 Å². The van der Waals surface area contributed by atoms with E-state index in [1.807, 2.05) is 7.05 Å². The minimum atomic E-state index is -0.589. The van der Waals surface area contributed by atoms with Crippen LogP contribution in [0, 0.1) is 5.92 Å². The average Bonchev–Trinajstić information content (AvgIpc) is 2.60. The lowest BCUT2D eigenvalue weighted by Crippen LogP contribution is -2.33. The van der Waals surface area contributed by atoms with E-state index in [1.165, 1.54) is 19.3 Å². The Morgan fingerprint density at radius 3 is 2.60 bits per heavy atom. The zero-order valence-electron chi connectivity index (χ0n) is 10.3. The van der Waals surface area contributed by atoms with Crippen molar-refractivity contribution >= 4 is 10.8 Å². The molecule has 0 aromatic carbocycles. The monoisotopic (exact) mass is 231 g/mol. The lowest BCUT2D eigenvalue weighted by Gasteiger charge is -2.19. The Morgan fingerprint density at radius 1 is 1.33 bits per heavy atom. The fourth-order valence-electron chi connectivity index (χ4n) is 2.55. The van der Waals surface area contributed by atoms with E-state index >= 15 is 0 Å². The Bertz CT molecular complexity index is 208. The van der Waals surface area contributed by atoms with E-state index in [1.54, 1.807) is 0 Å². The number of nitrogens with one attached hydrogen (secondary N) is 1. The first-order valence-corrected chi connectivity index (χ1v) is 7.63. The highest BCUT2D eigenvalue weighted by atomic mass is 32.2. The molecule has 0 aromatic rings. The van der Waals surface area contributed by atoms with Gasteiger partial charge in [-0.05, 0) is 32.2 Å². The first-order chi connectivity index (χ1) is 7.20. The van der Waals surface area contributed by atoms with Crippen molar-refractivity contribution in [1.29, 1.82) is 0 Å². The Labute approximate surface area is 96.7 Å². The van der Waals surface area contributed by atoms with E-state index in [-0.39, 0.29) is 0 Å². The molecule has 4 unspecified atom stereocenters. The molecule has 3 heteroatoms. The van der Waals surface area contributed by atoms with Gasteiger partial charge in [0.2, 0.25) is 0 Å². The molecule has 1 aliphatic carbocycles. The van der Waals surface area contributed by atoms with Crippen molar-refractivity contribution in [2.75, 3.05) is 12.8 Å². The van der Waals surface area contributed by atoms with Gasteiger partial charge in [0.15, 0.2) is 0 Å². The minimum Gasteiger partial charge on any atom is -0.317 e. The Hall–Kier alpha value is 0.110. The molecule has 1 N–H and O–H groups in total. The molecule has 15 heavy (non-hydrogen) atoms. The number of rotatable bonds is 6. The van der Waals surface area contributed by atoms with Crippen LogP contribution in [0.4, 0.5) is 0 Å². The summed E-state index contributed by atoms with van der Waals surface area (Å²) in [7, 11) is 1.43. The Kier molecular flexibility index (Phi) is 5.83. The summed E-state index contributed by atoms with van der Waals surface area (Å²) >= 11 is 0. The summed E-state index contributed by atoms with van der Waals surface area (Å²) in [6, 6.07) is 0.588. The summed E-state index contributed by atoms with van der Waals surface area (Å²) in [5, 5.41) is 3.78. The van der Waals surface area contributed by atoms with Gasteiger partial charge in [-0.2, -0.15) is 0 Å². The predicted octanol–water partition coefficient (Wildman–Crippen LogP) is 2.31. The summed E-state index contributed by atoms with van der Waals surface area (Å²) in [5.74, 6) is 1.50. The SMILES string of the molecule is CCCCCS(=O)C1CCC(NC)C1C. The molecule has 1 rings (SSSR count). The van der Waals surface area contributed by atoms with Gasteiger partial charge in [-0.1, -0.05) is 26.7 Å². The summed E-state index contributed by atoms with van der Waals surface area (Å²) in [6.45, 7) is 4.44. The van der Waals surface area contributed by atoms with Gasteiger partial charge in [-0.3, -0.25) is 4.21 Å². The van der Waals surface area contributed by atoms with Crippen LogP contribution in [-0.4, -0.2) is 28.3 Å². The molecule has 1 saturated carbocycles. The van der Waals surface area contributed by atoms with Gasteiger partial charge in [0.05, 0.1) is 0 Å². The molecule has 1 fully saturated rings. The fraction of sp³-hybridized carbons (Fsp3) is 1.00. The van der Waals surface area contributed by atoms with Gasteiger partial charge in [-0.15, -0.1) is 0 Å². The standard InChI is InChI=1S/C12H25NOS/c1-4-5-6-9-15(14)12-8-7-11(13-3)10(12)2/h10-13H,4-9H2,1-3H3. The summed E-state index contributed by atoms with van der Waals surface area (Å²) in [6.07, 6.45) is 5.92. The van der Waals surface area contributed by atoms with Crippen LogP contribution in [0.3, 0.4) is 0 Å². The summed E-state index contributed by atoms with van der Waals surface area (Å²) in [4.78, 5) is 0. The van der Waals surface area contributed by atoms with Crippen LogP contribution in [0.25, 0.3) is 0 Å². The normalized spacial score (nSPS) is 33.1. The third-order valence-corrected chi connectivity index (χ3v) is 5.67. The second kappa shape index (κ2) is 6.64. The van der Waals surface area contributed by atoms with E-state index in [2.05, 4.69) is 19.2 Å². The predicted molar refractivity (Wildman–Crippen MR) is 67.6 cm³/mol. The third-order valence-electron chi connectivity index (χ3n) is 3.64. The van der Waals surface area contributed by atoms with E-state index in [4.69, 9.17) is 0 Å². The molecule has 2 nitrogen and oxygen atoms in total. The maximum atomic E-state index is 12.1. The second-order valence-electron chi connectivity index (χ2n) is 4.66. The first kappa shape index (κ1) is 13.2. The maximum absolute atomic E-state index is 12.1. The van der Waals surface area contributed by atoms with Crippen molar-refractivity contribution in [3.8, 4) is 0 Å². The zero-order valence-corrected chi connectivity index (χ0v) is 11.1. The third kappa shape index (κ3) is 3.56. The summed E-state index contributed by atoms with van der Waals surface area (Å²) in [5.41, 5.74) is 0. The molecule has 0 spiro atoms. The van der Waals surface area contributed by atoms with E-state index in [0.29, 0.717) is 17.2 Å². The molecule has 0 amide bonds. The van der Waals surface area contributed by atoms with Crippen molar-refractivity contribution in [3.63, 3.8) is 0 Å². The molecule has 0 radical (unpaired) electrons. The van der Waals surface area contributed by atoms with Crippen molar-refractivity contribution in [2.24, 2.45) is 5.92 Å². The van der Waals surface area contributed by atoms with Gasteiger partial charge in [0, 0.05) is 27.8 Å². The van der Waals surface area contributed by atoms with Crippen molar-refractivity contribution < 1.29 is 4.21 Å². The largest absolute Gasteiger partial charge is 0.317 e. The molecule has 0 heterocycles. The highest BCUT2D eigenvalue weighted by Gasteiger charge is 2.34. The number of unbranched alkanes of at least 4 members (excludes halogenated alkanes) is 2. The quantitative estimate of drug-likeness (QED) is 0.711. The first-order valence-electron chi connectivity index (χ1n) is 6.25. The van der Waals surface area contributed by atoms with Crippen LogP contribution in [-0.2, 0) is 10.8 Å². The van der Waals surface area contributed by atoms with E-state index in [0.717, 1.165) is 18.6 Å². The maximum Gasteiger partial charge on any atom is 0.0388 e. The molecule has 0 aliphatic heterocycles. The van der Waals surface area contributed by atoms with Crippen molar-refractivity contribution in [2.45, 2.75) is 57.2 Å². The lowest BCUT2D eigenvalue weighted by molar-refractivity contribution is 0.460. The molecule has 90 valence electrons. The number of hydrogen-bond donors (Lipinski definition) is 1. The van der Waals surface area contributed by atoms with Crippen LogP contribution in [0.5, 0.6) is 0 Å². The van der Waals surface area contributed by atoms with Crippen LogP contribution < -0.4 is 5.32 Å². The number of hydrogen-bond acceptors (Lipinski definition) is 2. The molecule has 1 aliphatic rings. The van der Waals surface area contributed by atoms with Crippen LogP contribution in [0.15, 0.2) is 0 Å². The van der Waals surface area contributed by atoms with Crippen LogP contribution in [0.1, 0.15) is 46.0 Å². The second-order valence-corrected chi connectivity index (χ2v) is 6.44. The van der Waals surface area contributed by atoms with Gasteiger partial charge in [-0.25, -0.2) is 0 Å². The van der Waals surface area contributed by atoms with E-state index < -0.39 is 10.8 Å². The molecular formula is C12H25NOS. The fourth-order valence-corrected chi connectivity index (χ4v) is 4.41. The van der Waals surface area contributed by atoms with Crippen LogP contribution in [0.2, 0.25) is 0 Å². The zero-order chi connectivity index (χ0) is 11.3. The Morgan fingerprint density at radius 2 is 2.07 bits per heavy atom. The molecule has 0 bridgehead atoms. The van der Waals surface area contributed by atoms with E-state index in [9.17, 15) is 4.21 Å². The van der Waals surface area contributed by atoms with Gasteiger partial charge < -0.3 is 5.32 Å². The highest BCUT2D eigenvalue weighted by Crippen LogP contribution is 2.30. The highest BCUT2D eigenvalue weighted by molar-refractivity contribution is 7.85. The van der Waals surface area contributed by atoms with Crippen molar-refractivity contribution in [1.82, 2.24) is 5.32 Å². The van der Waals surface area contributed by atoms with Gasteiger partial charge in [0.25, 0.3) is 0 Å². The molecule has 0 saturated heterocycles. The molecule has 4 atom stereocenters. The summed E-state index contributed by atoms with van der Waals surface area (Å²) < 4.78 is 12.1. The van der Waals surface area contributed by atoms with Gasteiger partial charge >= 0.3 is 0 Å². The smallest absolute Gasteiger partial charge is 0.0388 e. The molecule has 0 aromatic heterocycles. The minimum absolute atomic E-state index is 0.444. The van der Waals surface area contributed by atoms with Crippen molar-refractivity contribution in [3.05, 3.63) is 0 Å². The Balaban J connectivity index is 2.34.